The van der Waals surface area contributed by atoms with Crippen molar-refractivity contribution >= 4 is 17.5 Å². The molecule has 1 spiro atoms. The molecule has 1 aliphatic carbocycles. The summed E-state index contributed by atoms with van der Waals surface area (Å²) in [6.07, 6.45) is 5.56. The van der Waals surface area contributed by atoms with E-state index in [0.29, 0.717) is 17.0 Å². The Morgan fingerprint density at radius 3 is 2.40 bits per heavy atom. The van der Waals surface area contributed by atoms with E-state index in [1.807, 2.05) is 42.5 Å². The van der Waals surface area contributed by atoms with Crippen LogP contribution in [0.25, 0.3) is 0 Å². The smallest absolute Gasteiger partial charge is 0.275 e. The van der Waals surface area contributed by atoms with E-state index in [4.69, 9.17) is 15.5 Å². The van der Waals surface area contributed by atoms with Gasteiger partial charge in [0.2, 0.25) is 5.91 Å². The number of rotatable bonds is 5. The number of ether oxygens (including phenoxy) is 1. The molecule has 6 nitrogen and oxygen atoms in total. The monoisotopic (exact) mass is 405 g/mol. The third kappa shape index (κ3) is 3.58. The lowest BCUT2D eigenvalue weighted by Gasteiger charge is -2.40. The molecule has 156 valence electrons. The van der Waals surface area contributed by atoms with Gasteiger partial charge in [0, 0.05) is 5.56 Å². The first kappa shape index (κ1) is 20.1. The molecule has 2 amide bonds. The summed E-state index contributed by atoms with van der Waals surface area (Å²) in [5.74, 6) is -0.191. The average molecular weight is 405 g/mol. The van der Waals surface area contributed by atoms with Crippen LogP contribution in [-0.4, -0.2) is 35.2 Å². The van der Waals surface area contributed by atoms with E-state index in [1.54, 1.807) is 24.1 Å². The molecule has 0 aromatic heterocycles. The lowest BCUT2D eigenvalue weighted by molar-refractivity contribution is -0.140. The van der Waals surface area contributed by atoms with Crippen LogP contribution in [0.3, 0.4) is 0 Å². The Labute approximate surface area is 176 Å². The number of carbonyl (C=O) groups excluding carboxylic acids is 2. The topological polar surface area (TPSA) is 85.0 Å². The van der Waals surface area contributed by atoms with Gasteiger partial charge in [0.1, 0.15) is 23.2 Å². The van der Waals surface area contributed by atoms with Crippen molar-refractivity contribution in [2.45, 2.75) is 50.2 Å². The van der Waals surface area contributed by atoms with E-state index in [2.05, 4.69) is 0 Å². The molecule has 30 heavy (non-hydrogen) atoms. The van der Waals surface area contributed by atoms with Gasteiger partial charge in [0.15, 0.2) is 0 Å². The maximum absolute atomic E-state index is 13.7. The van der Waals surface area contributed by atoms with Crippen LogP contribution in [0.2, 0.25) is 0 Å². The molecule has 4 rings (SSSR count). The molecule has 0 radical (unpaired) electrons. The van der Waals surface area contributed by atoms with Gasteiger partial charge in [0.05, 0.1) is 7.11 Å². The van der Waals surface area contributed by atoms with Crippen molar-refractivity contribution in [3.05, 3.63) is 65.7 Å². The fraction of sp³-hybridized carbons (Fsp3) is 0.375. The van der Waals surface area contributed by atoms with Gasteiger partial charge in [-0.05, 0) is 43.4 Å². The standard InChI is InChI=1S/C24H27N3O3/c1-30-19-13-9-12-18(16-19)21(22(25)28)27-23(29)20(17-10-5-4-6-11-17)26-24(27)14-7-2-3-8-15-24/h4-6,9-13,16,21H,2-3,7-8,14-15H2,1H3,(H2,25,28). The summed E-state index contributed by atoms with van der Waals surface area (Å²) < 4.78 is 5.34. The number of amides is 2. The first-order valence-corrected chi connectivity index (χ1v) is 10.5. The minimum atomic E-state index is -0.907. The summed E-state index contributed by atoms with van der Waals surface area (Å²) in [6.45, 7) is 0. The lowest BCUT2D eigenvalue weighted by atomic mass is 9.94. The second-order valence-electron chi connectivity index (χ2n) is 7.98. The molecule has 2 aromatic rings. The summed E-state index contributed by atoms with van der Waals surface area (Å²) in [5, 5.41) is 0. The van der Waals surface area contributed by atoms with E-state index < -0.39 is 17.6 Å². The van der Waals surface area contributed by atoms with E-state index in [1.165, 1.54) is 0 Å². The molecular formula is C24H27N3O3. The Bertz CT molecular complexity index is 963. The molecule has 0 bridgehead atoms. The van der Waals surface area contributed by atoms with Gasteiger partial charge in [0.25, 0.3) is 5.91 Å². The molecule has 2 N–H and O–H groups in total. The quantitative estimate of drug-likeness (QED) is 0.825. The number of benzene rings is 2. The molecule has 1 heterocycles. The number of hydrogen-bond donors (Lipinski definition) is 1. The number of nitrogens with two attached hydrogens (primary N) is 1. The van der Waals surface area contributed by atoms with Crippen LogP contribution in [0, 0.1) is 0 Å². The number of primary amides is 1. The number of nitrogens with zero attached hydrogens (tertiary/aromatic N) is 2. The van der Waals surface area contributed by atoms with Gasteiger partial charge in [-0.25, -0.2) is 0 Å². The Morgan fingerprint density at radius 1 is 1.07 bits per heavy atom. The third-order valence-electron chi connectivity index (χ3n) is 6.08. The highest BCUT2D eigenvalue weighted by molar-refractivity contribution is 6.47. The summed E-state index contributed by atoms with van der Waals surface area (Å²) in [5.41, 5.74) is 6.96. The Morgan fingerprint density at radius 2 is 1.77 bits per heavy atom. The fourth-order valence-electron chi connectivity index (χ4n) is 4.65. The van der Waals surface area contributed by atoms with E-state index in [-0.39, 0.29) is 5.91 Å². The molecule has 1 unspecified atom stereocenters. The van der Waals surface area contributed by atoms with Crippen molar-refractivity contribution in [3.8, 4) is 5.75 Å². The number of methoxy groups -OCH3 is 1. The zero-order valence-electron chi connectivity index (χ0n) is 17.2. The molecule has 1 saturated carbocycles. The SMILES string of the molecule is COc1cccc(C(C(N)=O)N2C(=O)C(c3ccccc3)=NC23CCCCCC3)c1. The van der Waals surface area contributed by atoms with Gasteiger partial charge >= 0.3 is 0 Å². The van der Waals surface area contributed by atoms with Gasteiger partial charge in [-0.2, -0.15) is 0 Å². The molecule has 2 aromatic carbocycles. The van der Waals surface area contributed by atoms with Crippen LogP contribution >= 0.6 is 0 Å². The zero-order chi connectivity index (χ0) is 21.1. The van der Waals surface area contributed by atoms with Crippen LogP contribution in [0.1, 0.15) is 55.7 Å². The van der Waals surface area contributed by atoms with E-state index in [9.17, 15) is 9.59 Å². The predicted molar refractivity (Wildman–Crippen MR) is 115 cm³/mol. The van der Waals surface area contributed by atoms with Gasteiger partial charge in [-0.15, -0.1) is 0 Å². The minimum Gasteiger partial charge on any atom is -0.497 e. The van der Waals surface area contributed by atoms with Crippen molar-refractivity contribution in [2.24, 2.45) is 10.7 Å². The number of carbonyl (C=O) groups is 2. The molecule has 1 atom stereocenters. The largest absolute Gasteiger partial charge is 0.497 e. The Hall–Kier alpha value is -3.15. The van der Waals surface area contributed by atoms with Gasteiger partial charge in [-0.3, -0.25) is 19.5 Å². The highest BCUT2D eigenvalue weighted by atomic mass is 16.5. The van der Waals surface area contributed by atoms with Crippen molar-refractivity contribution < 1.29 is 14.3 Å². The van der Waals surface area contributed by atoms with Crippen molar-refractivity contribution in [1.82, 2.24) is 4.90 Å². The Balaban J connectivity index is 1.84. The Kier molecular flexibility index (Phi) is 5.57. The molecule has 2 aliphatic rings. The molecular weight excluding hydrogens is 378 g/mol. The third-order valence-corrected chi connectivity index (χ3v) is 6.08. The van der Waals surface area contributed by atoms with Crippen LogP contribution in [0.5, 0.6) is 5.75 Å². The van der Waals surface area contributed by atoms with Crippen LogP contribution in [0.4, 0.5) is 0 Å². The predicted octanol–water partition coefficient (Wildman–Crippen LogP) is 3.60. The lowest BCUT2D eigenvalue weighted by Crippen LogP contribution is -2.52. The maximum Gasteiger partial charge on any atom is 0.275 e. The normalized spacial score (nSPS) is 19.3. The minimum absolute atomic E-state index is 0.241. The van der Waals surface area contributed by atoms with Gasteiger partial charge < -0.3 is 10.5 Å². The van der Waals surface area contributed by atoms with Crippen molar-refractivity contribution in [3.63, 3.8) is 0 Å². The van der Waals surface area contributed by atoms with Crippen molar-refractivity contribution in [2.75, 3.05) is 7.11 Å². The van der Waals surface area contributed by atoms with Crippen molar-refractivity contribution in [1.29, 1.82) is 0 Å². The first-order valence-electron chi connectivity index (χ1n) is 10.5. The average Bonchev–Trinajstić information content (AvgIpc) is 2.91. The van der Waals surface area contributed by atoms with Crippen LogP contribution in [-0.2, 0) is 9.59 Å². The second-order valence-corrected chi connectivity index (χ2v) is 7.98. The summed E-state index contributed by atoms with van der Waals surface area (Å²) in [6, 6.07) is 15.8. The van der Waals surface area contributed by atoms with Crippen LogP contribution < -0.4 is 10.5 Å². The van der Waals surface area contributed by atoms with E-state index in [0.717, 1.165) is 44.1 Å². The second kappa shape index (κ2) is 8.30. The number of aliphatic imine (C=N–C) groups is 1. The highest BCUT2D eigenvalue weighted by Gasteiger charge is 2.51. The summed E-state index contributed by atoms with van der Waals surface area (Å²) in [4.78, 5) is 33.1. The first-order chi connectivity index (χ1) is 14.6. The van der Waals surface area contributed by atoms with Crippen LogP contribution in [0.15, 0.2) is 59.6 Å². The number of hydrogen-bond acceptors (Lipinski definition) is 4. The van der Waals surface area contributed by atoms with E-state index >= 15 is 0 Å². The summed E-state index contributed by atoms with van der Waals surface area (Å²) >= 11 is 0. The van der Waals surface area contributed by atoms with Gasteiger partial charge in [-0.1, -0.05) is 55.3 Å². The maximum atomic E-state index is 13.7. The molecule has 0 saturated heterocycles. The zero-order valence-corrected chi connectivity index (χ0v) is 17.2. The fourth-order valence-corrected chi connectivity index (χ4v) is 4.65. The molecule has 1 aliphatic heterocycles. The highest BCUT2D eigenvalue weighted by Crippen LogP contribution is 2.43. The summed E-state index contributed by atoms with van der Waals surface area (Å²) in [7, 11) is 1.57. The molecule has 1 fully saturated rings. The molecule has 6 heteroatoms.